The minimum atomic E-state index is -1.16. The molecule has 0 spiro atoms. The Morgan fingerprint density at radius 2 is 2.06 bits per heavy atom. The molecule has 0 aromatic heterocycles. The number of aryl methyl sites for hydroxylation is 1. The first-order valence-corrected chi connectivity index (χ1v) is 7.08. The van der Waals surface area contributed by atoms with Gasteiger partial charge >= 0.3 is 5.97 Å². The second-order valence-corrected chi connectivity index (χ2v) is 5.58. The molecule has 0 aliphatic heterocycles. The number of esters is 1. The molecule has 0 aliphatic carbocycles. The summed E-state index contributed by atoms with van der Waals surface area (Å²) in [5, 5.41) is 0. The van der Waals surface area contributed by atoms with Crippen LogP contribution in [0.2, 0.25) is 0 Å². The van der Waals surface area contributed by atoms with E-state index in [4.69, 9.17) is 4.74 Å². The lowest BCUT2D eigenvalue weighted by atomic mass is 10.2. The third kappa shape index (κ3) is 4.84. The molecule has 1 aromatic rings. The molecule has 0 heterocycles. The molecule has 0 unspecified atom stereocenters. The predicted octanol–water partition coefficient (Wildman–Crippen LogP) is 2.61. The van der Waals surface area contributed by atoms with Gasteiger partial charge in [0.05, 0.1) is 16.6 Å². The summed E-state index contributed by atoms with van der Waals surface area (Å²) in [4.78, 5) is 11.7. The fraction of sp³-hybridized carbons (Fsp3) is 0.357. The maximum Gasteiger partial charge on any atom is 0.302 e. The van der Waals surface area contributed by atoms with E-state index in [0.29, 0.717) is 12.2 Å². The topological polar surface area (TPSA) is 43.4 Å². The Kier molecular flexibility index (Phi) is 5.78. The van der Waals surface area contributed by atoms with Crippen molar-refractivity contribution < 1.29 is 13.7 Å². The lowest BCUT2D eigenvalue weighted by molar-refractivity contribution is -0.145. The second-order valence-electron chi connectivity index (χ2n) is 4.08. The van der Waals surface area contributed by atoms with Crippen molar-refractivity contribution in [1.82, 2.24) is 0 Å². The molecule has 3 nitrogen and oxygen atoms in total. The molecule has 1 aromatic carbocycles. The SMILES string of the molecule is C=CC[C@@H](C[S@@](=O)c1ccc(C)cc1)OC(C)=O. The normalized spacial score (nSPS) is 13.7. The molecular weight excluding hydrogens is 248 g/mol. The number of rotatable bonds is 6. The second kappa shape index (κ2) is 7.11. The molecule has 98 valence electrons. The van der Waals surface area contributed by atoms with Crippen molar-refractivity contribution >= 4 is 16.8 Å². The Morgan fingerprint density at radius 1 is 1.44 bits per heavy atom. The molecule has 1 rings (SSSR count). The van der Waals surface area contributed by atoms with E-state index in [0.717, 1.165) is 10.5 Å². The molecule has 0 radical (unpaired) electrons. The van der Waals surface area contributed by atoms with Gasteiger partial charge in [-0.05, 0) is 19.1 Å². The van der Waals surface area contributed by atoms with Gasteiger partial charge in [0.1, 0.15) is 6.10 Å². The van der Waals surface area contributed by atoms with Crippen LogP contribution in [-0.2, 0) is 20.3 Å². The van der Waals surface area contributed by atoms with E-state index in [2.05, 4.69) is 6.58 Å². The van der Waals surface area contributed by atoms with E-state index in [1.165, 1.54) is 6.92 Å². The van der Waals surface area contributed by atoms with Crippen molar-refractivity contribution in [2.45, 2.75) is 31.3 Å². The lowest BCUT2D eigenvalue weighted by Gasteiger charge is -2.14. The molecule has 0 aliphatic rings. The van der Waals surface area contributed by atoms with Crippen LogP contribution in [0.15, 0.2) is 41.8 Å². The fourth-order valence-corrected chi connectivity index (χ4v) is 2.70. The van der Waals surface area contributed by atoms with Gasteiger partial charge in [-0.15, -0.1) is 6.58 Å². The quantitative estimate of drug-likeness (QED) is 0.587. The number of carbonyl (C=O) groups excluding carboxylic acids is 1. The number of carbonyl (C=O) groups is 1. The first-order chi connectivity index (χ1) is 8.52. The number of hydrogen-bond acceptors (Lipinski definition) is 3. The molecular formula is C14H18O3S. The molecule has 0 fully saturated rings. The summed E-state index contributed by atoms with van der Waals surface area (Å²) in [6.07, 6.45) is 1.80. The van der Waals surface area contributed by atoms with Gasteiger partial charge in [-0.3, -0.25) is 9.00 Å². The number of ether oxygens (including phenoxy) is 1. The zero-order chi connectivity index (χ0) is 13.5. The van der Waals surface area contributed by atoms with Crippen LogP contribution in [-0.4, -0.2) is 22.0 Å². The van der Waals surface area contributed by atoms with Crippen molar-refractivity contribution in [3.8, 4) is 0 Å². The van der Waals surface area contributed by atoms with E-state index in [-0.39, 0.29) is 12.1 Å². The van der Waals surface area contributed by atoms with Crippen molar-refractivity contribution in [2.24, 2.45) is 0 Å². The minimum Gasteiger partial charge on any atom is -0.461 e. The summed E-state index contributed by atoms with van der Waals surface area (Å²) >= 11 is 0. The summed E-state index contributed by atoms with van der Waals surface area (Å²) in [6, 6.07) is 7.51. The Morgan fingerprint density at radius 3 is 2.56 bits per heavy atom. The van der Waals surface area contributed by atoms with Crippen LogP contribution in [0, 0.1) is 6.92 Å². The molecule has 0 saturated carbocycles. The molecule has 0 saturated heterocycles. The van der Waals surface area contributed by atoms with Crippen LogP contribution in [0.25, 0.3) is 0 Å². The van der Waals surface area contributed by atoms with Crippen LogP contribution in [0.3, 0.4) is 0 Å². The van der Waals surface area contributed by atoms with Crippen LogP contribution in [0.5, 0.6) is 0 Å². The maximum absolute atomic E-state index is 12.1. The Labute approximate surface area is 110 Å². The Balaban J connectivity index is 2.68. The largest absolute Gasteiger partial charge is 0.461 e. The predicted molar refractivity (Wildman–Crippen MR) is 72.8 cm³/mol. The lowest BCUT2D eigenvalue weighted by Crippen LogP contribution is -2.22. The van der Waals surface area contributed by atoms with Crippen molar-refractivity contribution in [1.29, 1.82) is 0 Å². The molecule has 0 bridgehead atoms. The van der Waals surface area contributed by atoms with Gasteiger partial charge in [-0.1, -0.05) is 23.8 Å². The van der Waals surface area contributed by atoms with Crippen molar-refractivity contribution in [3.63, 3.8) is 0 Å². The summed E-state index contributed by atoms with van der Waals surface area (Å²) < 4.78 is 17.2. The highest BCUT2D eigenvalue weighted by Crippen LogP contribution is 2.12. The van der Waals surface area contributed by atoms with Crippen LogP contribution < -0.4 is 0 Å². The van der Waals surface area contributed by atoms with Crippen LogP contribution in [0.4, 0.5) is 0 Å². The number of hydrogen-bond donors (Lipinski definition) is 0. The molecule has 18 heavy (non-hydrogen) atoms. The van der Waals surface area contributed by atoms with E-state index in [9.17, 15) is 9.00 Å². The van der Waals surface area contributed by atoms with Gasteiger partial charge in [-0.2, -0.15) is 0 Å². The van der Waals surface area contributed by atoms with Crippen LogP contribution >= 0.6 is 0 Å². The van der Waals surface area contributed by atoms with Crippen molar-refractivity contribution in [3.05, 3.63) is 42.5 Å². The minimum absolute atomic E-state index is 0.300. The van der Waals surface area contributed by atoms with Crippen LogP contribution in [0.1, 0.15) is 18.9 Å². The van der Waals surface area contributed by atoms with E-state index < -0.39 is 10.8 Å². The summed E-state index contributed by atoms with van der Waals surface area (Å²) in [5.74, 6) is -0.0583. The third-order valence-electron chi connectivity index (χ3n) is 2.38. The highest BCUT2D eigenvalue weighted by atomic mass is 32.2. The van der Waals surface area contributed by atoms with Crippen molar-refractivity contribution in [2.75, 3.05) is 5.75 Å². The summed E-state index contributed by atoms with van der Waals surface area (Å²) in [6.45, 7) is 6.94. The molecule has 4 heteroatoms. The average Bonchev–Trinajstić information content (AvgIpc) is 2.29. The maximum atomic E-state index is 12.1. The molecule has 0 N–H and O–H groups in total. The number of benzene rings is 1. The zero-order valence-corrected chi connectivity index (χ0v) is 11.5. The highest BCUT2D eigenvalue weighted by Gasteiger charge is 2.15. The smallest absolute Gasteiger partial charge is 0.302 e. The standard InChI is InChI=1S/C14H18O3S/c1-4-5-13(17-12(3)15)10-18(16)14-8-6-11(2)7-9-14/h4,6-9,13H,1,5,10H2,2-3H3/t13-,18+/m0/s1. The highest BCUT2D eigenvalue weighted by molar-refractivity contribution is 7.85. The fourth-order valence-electron chi connectivity index (χ4n) is 1.53. The third-order valence-corrected chi connectivity index (χ3v) is 3.86. The zero-order valence-electron chi connectivity index (χ0n) is 10.7. The molecule has 2 atom stereocenters. The summed E-state index contributed by atoms with van der Waals surface area (Å²) in [5.41, 5.74) is 1.12. The van der Waals surface area contributed by atoms with Gasteiger partial charge in [0.15, 0.2) is 0 Å². The average molecular weight is 266 g/mol. The first kappa shape index (κ1) is 14.6. The molecule has 0 amide bonds. The monoisotopic (exact) mass is 266 g/mol. The van der Waals surface area contributed by atoms with Gasteiger partial charge in [0.2, 0.25) is 0 Å². The van der Waals surface area contributed by atoms with Gasteiger partial charge < -0.3 is 4.74 Å². The van der Waals surface area contributed by atoms with Gasteiger partial charge in [0.25, 0.3) is 0 Å². The first-order valence-electron chi connectivity index (χ1n) is 5.76. The Hall–Kier alpha value is -1.42. The van der Waals surface area contributed by atoms with Gasteiger partial charge in [-0.25, -0.2) is 0 Å². The van der Waals surface area contributed by atoms with E-state index >= 15 is 0 Å². The van der Waals surface area contributed by atoms with E-state index in [1.807, 2.05) is 31.2 Å². The summed E-state index contributed by atoms with van der Waals surface area (Å²) in [7, 11) is -1.16. The van der Waals surface area contributed by atoms with Gasteiger partial charge in [0, 0.05) is 18.2 Å². The Bertz CT molecular complexity index is 437. The van der Waals surface area contributed by atoms with E-state index in [1.54, 1.807) is 6.08 Å².